The second kappa shape index (κ2) is 6.41. The van der Waals surface area contributed by atoms with E-state index in [2.05, 4.69) is 0 Å². The molecule has 1 saturated heterocycles. The fourth-order valence-corrected chi connectivity index (χ4v) is 2.22. The molecule has 108 valence electrons. The lowest BCUT2D eigenvalue weighted by Crippen LogP contribution is -2.25. The van der Waals surface area contributed by atoms with Crippen LogP contribution in [0.25, 0.3) is 0 Å². The maximum absolute atomic E-state index is 11.7. The van der Waals surface area contributed by atoms with Gasteiger partial charge in [-0.25, -0.2) is 0 Å². The monoisotopic (exact) mass is 277 g/mol. The molecule has 20 heavy (non-hydrogen) atoms. The molecule has 5 nitrogen and oxygen atoms in total. The first kappa shape index (κ1) is 14.4. The maximum atomic E-state index is 11.7. The maximum Gasteiger partial charge on any atom is 0.308 e. The highest BCUT2D eigenvalue weighted by molar-refractivity contribution is 5.86. The first-order valence-electron chi connectivity index (χ1n) is 6.82. The molecule has 1 aromatic carbocycles. The van der Waals surface area contributed by atoms with Crippen molar-refractivity contribution in [3.05, 3.63) is 29.8 Å². The van der Waals surface area contributed by atoms with E-state index in [0.29, 0.717) is 19.7 Å². The zero-order valence-corrected chi connectivity index (χ0v) is 11.5. The largest absolute Gasteiger partial charge is 0.494 e. The van der Waals surface area contributed by atoms with Crippen molar-refractivity contribution in [3.8, 4) is 5.75 Å². The number of rotatable bonds is 6. The number of carboxylic acids is 1. The predicted octanol–water partition coefficient (Wildman–Crippen LogP) is 1.91. The number of benzene rings is 1. The van der Waals surface area contributed by atoms with Crippen molar-refractivity contribution >= 4 is 11.9 Å². The highest BCUT2D eigenvalue weighted by atomic mass is 16.5. The fourth-order valence-electron chi connectivity index (χ4n) is 2.22. The standard InChI is InChI=1S/C15H19NO4/c1-2-7-20-13-5-3-11(4-6-13)9-16-10-12(15(18)19)8-14(16)17/h3-6,12H,2,7-10H2,1H3,(H,18,19)/t12-/m0/s1. The summed E-state index contributed by atoms with van der Waals surface area (Å²) in [6, 6.07) is 7.57. The minimum Gasteiger partial charge on any atom is -0.494 e. The van der Waals surface area contributed by atoms with Gasteiger partial charge in [0, 0.05) is 19.5 Å². The second-order valence-electron chi connectivity index (χ2n) is 5.01. The van der Waals surface area contributed by atoms with Gasteiger partial charge in [-0.1, -0.05) is 19.1 Å². The van der Waals surface area contributed by atoms with Crippen LogP contribution in [0.15, 0.2) is 24.3 Å². The number of hydrogen-bond acceptors (Lipinski definition) is 3. The van der Waals surface area contributed by atoms with Gasteiger partial charge in [-0.05, 0) is 24.1 Å². The molecule has 5 heteroatoms. The lowest BCUT2D eigenvalue weighted by molar-refractivity contribution is -0.141. The number of ether oxygens (including phenoxy) is 1. The zero-order chi connectivity index (χ0) is 14.5. The summed E-state index contributed by atoms with van der Waals surface area (Å²) < 4.78 is 5.49. The summed E-state index contributed by atoms with van der Waals surface area (Å²) in [5, 5.41) is 8.94. The second-order valence-corrected chi connectivity index (χ2v) is 5.01. The molecular formula is C15H19NO4. The molecule has 0 unspecified atom stereocenters. The van der Waals surface area contributed by atoms with Crippen molar-refractivity contribution in [3.63, 3.8) is 0 Å². The van der Waals surface area contributed by atoms with Crippen molar-refractivity contribution in [2.45, 2.75) is 26.3 Å². The third-order valence-electron chi connectivity index (χ3n) is 3.33. The fraction of sp³-hybridized carbons (Fsp3) is 0.467. The van der Waals surface area contributed by atoms with Crippen molar-refractivity contribution in [1.82, 2.24) is 4.90 Å². The van der Waals surface area contributed by atoms with Gasteiger partial charge in [-0.2, -0.15) is 0 Å². The Kier molecular flexibility index (Phi) is 4.61. The van der Waals surface area contributed by atoms with E-state index in [1.54, 1.807) is 4.90 Å². The van der Waals surface area contributed by atoms with Gasteiger partial charge < -0.3 is 14.7 Å². The topological polar surface area (TPSA) is 66.8 Å². The number of carboxylic acid groups (broad SMARTS) is 1. The quantitative estimate of drug-likeness (QED) is 0.862. The minimum absolute atomic E-state index is 0.0938. The number of hydrogen-bond donors (Lipinski definition) is 1. The van der Waals surface area contributed by atoms with Crippen LogP contribution in [0.5, 0.6) is 5.75 Å². The summed E-state index contributed by atoms with van der Waals surface area (Å²) in [6.07, 6.45) is 1.06. The van der Waals surface area contributed by atoms with E-state index in [9.17, 15) is 9.59 Å². The Morgan fingerprint density at radius 3 is 2.65 bits per heavy atom. The van der Waals surface area contributed by atoms with Gasteiger partial charge in [0.05, 0.1) is 12.5 Å². The van der Waals surface area contributed by atoms with Gasteiger partial charge in [0.1, 0.15) is 5.75 Å². The number of aliphatic carboxylic acids is 1. The third kappa shape index (κ3) is 3.50. The first-order valence-corrected chi connectivity index (χ1v) is 6.82. The Hall–Kier alpha value is -2.04. The Morgan fingerprint density at radius 1 is 1.40 bits per heavy atom. The average Bonchev–Trinajstić information content (AvgIpc) is 2.80. The number of likely N-dealkylation sites (tertiary alicyclic amines) is 1. The summed E-state index contributed by atoms with van der Waals surface area (Å²) in [6.45, 7) is 3.48. The molecule has 1 atom stereocenters. The Morgan fingerprint density at radius 2 is 2.10 bits per heavy atom. The summed E-state index contributed by atoms with van der Waals surface area (Å²) in [5.74, 6) is -0.755. The molecule has 1 aliphatic heterocycles. The van der Waals surface area contributed by atoms with Gasteiger partial charge in [-0.3, -0.25) is 9.59 Å². The van der Waals surface area contributed by atoms with Crippen LogP contribution in [0, 0.1) is 5.92 Å². The van der Waals surface area contributed by atoms with E-state index in [1.165, 1.54) is 0 Å². The van der Waals surface area contributed by atoms with Gasteiger partial charge >= 0.3 is 5.97 Å². The molecule has 1 aliphatic rings. The van der Waals surface area contributed by atoms with E-state index in [-0.39, 0.29) is 12.3 Å². The zero-order valence-electron chi connectivity index (χ0n) is 11.5. The van der Waals surface area contributed by atoms with Crippen LogP contribution in [-0.4, -0.2) is 35.0 Å². The molecule has 1 N–H and O–H groups in total. The Balaban J connectivity index is 1.93. The summed E-state index contributed by atoms with van der Waals surface area (Å²) in [7, 11) is 0. The molecule has 0 radical (unpaired) electrons. The van der Waals surface area contributed by atoms with E-state index < -0.39 is 11.9 Å². The summed E-state index contributed by atoms with van der Waals surface area (Å²) >= 11 is 0. The Bertz CT molecular complexity index is 483. The van der Waals surface area contributed by atoms with Crippen molar-refractivity contribution < 1.29 is 19.4 Å². The normalized spacial score (nSPS) is 18.4. The smallest absolute Gasteiger partial charge is 0.308 e. The van der Waals surface area contributed by atoms with Gasteiger partial charge in [0.15, 0.2) is 0 Å². The van der Waals surface area contributed by atoms with Crippen LogP contribution in [0.4, 0.5) is 0 Å². The van der Waals surface area contributed by atoms with Crippen LogP contribution in [0.1, 0.15) is 25.3 Å². The SMILES string of the molecule is CCCOc1ccc(CN2C[C@@H](C(=O)O)CC2=O)cc1. The molecule has 0 bridgehead atoms. The average molecular weight is 277 g/mol. The highest BCUT2D eigenvalue weighted by Gasteiger charge is 2.33. The van der Waals surface area contributed by atoms with Crippen LogP contribution in [0.2, 0.25) is 0 Å². The van der Waals surface area contributed by atoms with E-state index in [4.69, 9.17) is 9.84 Å². The van der Waals surface area contributed by atoms with Gasteiger partial charge in [0.2, 0.25) is 5.91 Å². The molecule has 0 aliphatic carbocycles. The van der Waals surface area contributed by atoms with Gasteiger partial charge in [0.25, 0.3) is 0 Å². The van der Waals surface area contributed by atoms with Crippen LogP contribution < -0.4 is 4.74 Å². The molecule has 0 aromatic heterocycles. The first-order chi connectivity index (χ1) is 9.60. The van der Waals surface area contributed by atoms with Crippen molar-refractivity contribution in [2.24, 2.45) is 5.92 Å². The molecule has 0 saturated carbocycles. The molecule has 0 spiro atoms. The summed E-state index contributed by atoms with van der Waals surface area (Å²) in [4.78, 5) is 24.2. The summed E-state index contributed by atoms with van der Waals surface area (Å²) in [5.41, 5.74) is 0.980. The van der Waals surface area contributed by atoms with Crippen molar-refractivity contribution in [2.75, 3.05) is 13.2 Å². The molecule has 1 heterocycles. The molecule has 1 aromatic rings. The number of amides is 1. The van der Waals surface area contributed by atoms with Crippen LogP contribution in [0.3, 0.4) is 0 Å². The molecule has 1 fully saturated rings. The lowest BCUT2D eigenvalue weighted by Gasteiger charge is -2.16. The molecule has 2 rings (SSSR count). The van der Waals surface area contributed by atoms with Crippen LogP contribution >= 0.6 is 0 Å². The Labute approximate surface area is 118 Å². The third-order valence-corrected chi connectivity index (χ3v) is 3.33. The lowest BCUT2D eigenvalue weighted by atomic mass is 10.1. The van der Waals surface area contributed by atoms with E-state index in [1.807, 2.05) is 31.2 Å². The number of carbonyl (C=O) groups is 2. The van der Waals surface area contributed by atoms with E-state index >= 15 is 0 Å². The highest BCUT2D eigenvalue weighted by Crippen LogP contribution is 2.21. The van der Waals surface area contributed by atoms with Crippen LogP contribution in [-0.2, 0) is 16.1 Å². The van der Waals surface area contributed by atoms with Crippen molar-refractivity contribution in [1.29, 1.82) is 0 Å². The molecular weight excluding hydrogens is 258 g/mol. The number of carbonyl (C=O) groups excluding carboxylic acids is 1. The minimum atomic E-state index is -0.899. The number of nitrogens with zero attached hydrogens (tertiary/aromatic N) is 1. The van der Waals surface area contributed by atoms with Gasteiger partial charge in [-0.15, -0.1) is 0 Å². The molecule has 1 amide bonds. The predicted molar refractivity (Wildman–Crippen MR) is 73.4 cm³/mol. The van der Waals surface area contributed by atoms with E-state index in [0.717, 1.165) is 17.7 Å².